The van der Waals surface area contributed by atoms with E-state index in [2.05, 4.69) is 22.2 Å². The van der Waals surface area contributed by atoms with Gasteiger partial charge in [-0.05, 0) is 51.3 Å². The van der Waals surface area contributed by atoms with Gasteiger partial charge in [-0.25, -0.2) is 0 Å². The Hall–Kier alpha value is -3.07. The number of likely N-dealkylation sites (N-methyl/N-ethyl adjacent to an activating group) is 1. The third-order valence-electron chi connectivity index (χ3n) is 8.09. The lowest BCUT2D eigenvalue weighted by molar-refractivity contribution is -0.133. The van der Waals surface area contributed by atoms with Crippen LogP contribution in [0.5, 0.6) is 0 Å². The van der Waals surface area contributed by atoms with Crippen LogP contribution in [-0.2, 0) is 11.3 Å². The second-order valence-electron chi connectivity index (χ2n) is 10.6. The number of aryl methyl sites for hydroxylation is 1. The number of nitrogens with zero attached hydrogens (tertiary/aromatic N) is 5. The highest BCUT2D eigenvalue weighted by atomic mass is 35.5. The van der Waals surface area contributed by atoms with Crippen molar-refractivity contribution in [1.82, 2.24) is 24.9 Å². The van der Waals surface area contributed by atoms with Crippen LogP contribution in [0.25, 0.3) is 0 Å². The summed E-state index contributed by atoms with van der Waals surface area (Å²) in [5.74, 6) is -0.626. The van der Waals surface area contributed by atoms with E-state index in [1.165, 1.54) is 0 Å². The first-order valence-electron chi connectivity index (χ1n) is 13.2. The fourth-order valence-corrected chi connectivity index (χ4v) is 6.05. The van der Waals surface area contributed by atoms with Gasteiger partial charge in [0, 0.05) is 55.5 Å². The van der Waals surface area contributed by atoms with Gasteiger partial charge in [0.15, 0.2) is 5.69 Å². The van der Waals surface area contributed by atoms with E-state index in [0.717, 1.165) is 36.9 Å². The summed E-state index contributed by atoms with van der Waals surface area (Å²) >= 11 is 6.20. The van der Waals surface area contributed by atoms with Gasteiger partial charge in [-0.15, -0.1) is 0 Å². The van der Waals surface area contributed by atoms with Crippen molar-refractivity contribution in [3.8, 4) is 0 Å². The molecule has 2 fully saturated rings. The quantitative estimate of drug-likeness (QED) is 0.646. The highest BCUT2D eigenvalue weighted by Gasteiger charge is 2.48. The third-order valence-corrected chi connectivity index (χ3v) is 8.33. The molecule has 3 amide bonds. The van der Waals surface area contributed by atoms with Crippen molar-refractivity contribution in [2.45, 2.75) is 64.6 Å². The summed E-state index contributed by atoms with van der Waals surface area (Å²) in [7, 11) is 0. The molecule has 1 saturated carbocycles. The fourth-order valence-electron chi connectivity index (χ4n) is 5.89. The molecule has 1 aliphatic carbocycles. The summed E-state index contributed by atoms with van der Waals surface area (Å²) < 4.78 is 1.54. The highest BCUT2D eigenvalue weighted by molar-refractivity contribution is 6.30. The highest BCUT2D eigenvalue weighted by Crippen LogP contribution is 2.29. The first kappa shape index (κ1) is 25.6. The second kappa shape index (κ2) is 10.0. The number of nitrogens with one attached hydrogen (secondary N) is 1. The molecule has 1 N–H and O–H groups in total. The van der Waals surface area contributed by atoms with Crippen LogP contribution < -0.4 is 10.2 Å². The van der Waals surface area contributed by atoms with Gasteiger partial charge in [0.2, 0.25) is 5.91 Å². The van der Waals surface area contributed by atoms with E-state index in [4.69, 9.17) is 11.6 Å². The molecule has 37 heavy (non-hydrogen) atoms. The molecular formula is C27H35ClN6O3. The van der Waals surface area contributed by atoms with Gasteiger partial charge in [-0.2, -0.15) is 5.10 Å². The lowest BCUT2D eigenvalue weighted by Gasteiger charge is -2.43. The number of amides is 3. The van der Waals surface area contributed by atoms with Crippen LogP contribution in [-0.4, -0.2) is 81.6 Å². The van der Waals surface area contributed by atoms with E-state index in [1.807, 2.05) is 25.1 Å². The van der Waals surface area contributed by atoms with Gasteiger partial charge in [0.25, 0.3) is 11.8 Å². The Kier molecular flexibility index (Phi) is 6.91. The Bertz CT molecular complexity index is 1210. The van der Waals surface area contributed by atoms with Gasteiger partial charge in [-0.1, -0.05) is 30.5 Å². The van der Waals surface area contributed by atoms with E-state index >= 15 is 0 Å². The zero-order valence-corrected chi connectivity index (χ0v) is 22.6. The van der Waals surface area contributed by atoms with Crippen LogP contribution in [0.1, 0.15) is 66.1 Å². The summed E-state index contributed by atoms with van der Waals surface area (Å²) in [6.45, 7) is 8.79. The molecule has 3 aliphatic rings. The number of carbonyl (C=O) groups is 3. The summed E-state index contributed by atoms with van der Waals surface area (Å²) in [6, 6.07) is 7.58. The maximum Gasteiger partial charge on any atom is 0.274 e. The molecule has 0 unspecified atom stereocenters. The zero-order chi connectivity index (χ0) is 26.3. The van der Waals surface area contributed by atoms with Crippen LogP contribution in [0.2, 0.25) is 5.02 Å². The van der Waals surface area contributed by atoms with Crippen LogP contribution in [0.4, 0.5) is 5.69 Å². The van der Waals surface area contributed by atoms with Crippen LogP contribution >= 0.6 is 11.6 Å². The van der Waals surface area contributed by atoms with Crippen LogP contribution in [0, 0.1) is 6.92 Å². The van der Waals surface area contributed by atoms with E-state index in [1.54, 1.807) is 27.5 Å². The van der Waals surface area contributed by atoms with Gasteiger partial charge in [0.05, 0.1) is 6.54 Å². The number of aromatic nitrogens is 2. The molecular weight excluding hydrogens is 492 g/mol. The minimum atomic E-state index is -1.06. The van der Waals surface area contributed by atoms with E-state index < -0.39 is 5.54 Å². The van der Waals surface area contributed by atoms with Crippen LogP contribution in [0.3, 0.4) is 0 Å². The number of rotatable bonds is 5. The second-order valence-corrected chi connectivity index (χ2v) is 11.0. The van der Waals surface area contributed by atoms with E-state index in [-0.39, 0.29) is 36.0 Å². The van der Waals surface area contributed by atoms with Crippen LogP contribution in [0.15, 0.2) is 24.3 Å². The van der Waals surface area contributed by atoms with Crippen molar-refractivity contribution >= 4 is 35.0 Å². The normalized spacial score (nSPS) is 22.4. The zero-order valence-electron chi connectivity index (χ0n) is 21.8. The van der Waals surface area contributed by atoms with E-state index in [0.29, 0.717) is 43.4 Å². The third kappa shape index (κ3) is 4.69. The Morgan fingerprint density at radius 2 is 1.84 bits per heavy atom. The lowest BCUT2D eigenvalue weighted by atomic mass is 9.94. The molecule has 1 aromatic carbocycles. The van der Waals surface area contributed by atoms with Crippen molar-refractivity contribution in [2.24, 2.45) is 0 Å². The lowest BCUT2D eigenvalue weighted by Crippen LogP contribution is -2.64. The molecule has 198 valence electrons. The van der Waals surface area contributed by atoms with Crippen molar-refractivity contribution in [3.63, 3.8) is 0 Å². The first-order chi connectivity index (χ1) is 17.7. The van der Waals surface area contributed by atoms with Crippen molar-refractivity contribution in [2.75, 3.05) is 37.6 Å². The predicted octanol–water partition coefficient (Wildman–Crippen LogP) is 3.10. The molecule has 2 aromatic rings. The Labute approximate surface area is 222 Å². The Balaban J connectivity index is 1.31. The molecule has 0 spiro atoms. The molecule has 10 heteroatoms. The number of benzene rings is 1. The van der Waals surface area contributed by atoms with Gasteiger partial charge < -0.3 is 20.0 Å². The Morgan fingerprint density at radius 1 is 1.14 bits per heavy atom. The molecule has 9 nitrogen and oxygen atoms in total. The van der Waals surface area contributed by atoms with Gasteiger partial charge >= 0.3 is 0 Å². The SMILES string of the molecule is CCN1C(=O)c2cc(C(=O)N3CCN(c4cc(Cl)ccc4C)CC3)nn2C[C@@]1(C)C(=O)NC1CCCC1. The van der Waals surface area contributed by atoms with Gasteiger partial charge in [0.1, 0.15) is 11.2 Å². The van der Waals surface area contributed by atoms with Crippen molar-refractivity contribution in [1.29, 1.82) is 0 Å². The molecule has 5 rings (SSSR count). The standard InChI is InChI=1S/C27H35ClN6O3/c1-4-33-25(36)23-16-21(30-34(23)17-27(33,3)26(37)29-20-7-5-6-8-20)24(35)32-13-11-31(12-14-32)22-15-19(28)10-9-18(22)2/h9-10,15-16,20H,4-8,11-14,17H2,1-3H3,(H,29,37)/t27-/m0/s1. The number of carbonyl (C=O) groups excluding carboxylic acids is 3. The molecule has 3 heterocycles. The number of fused-ring (bicyclic) bond motifs is 1. The number of hydrogen-bond acceptors (Lipinski definition) is 5. The number of piperazine rings is 1. The molecule has 1 atom stereocenters. The fraction of sp³-hybridized carbons (Fsp3) is 0.556. The largest absolute Gasteiger partial charge is 0.368 e. The maximum absolute atomic E-state index is 13.4. The monoisotopic (exact) mass is 526 g/mol. The summed E-state index contributed by atoms with van der Waals surface area (Å²) in [5, 5.41) is 8.37. The minimum Gasteiger partial charge on any atom is -0.368 e. The van der Waals surface area contributed by atoms with Crippen molar-refractivity contribution in [3.05, 3.63) is 46.2 Å². The molecule has 1 saturated heterocycles. The minimum absolute atomic E-state index is 0.156. The van der Waals surface area contributed by atoms with Crippen molar-refractivity contribution < 1.29 is 14.4 Å². The molecule has 0 radical (unpaired) electrons. The number of anilines is 1. The average molecular weight is 527 g/mol. The molecule has 2 aliphatic heterocycles. The van der Waals surface area contributed by atoms with E-state index in [9.17, 15) is 14.4 Å². The first-order valence-corrected chi connectivity index (χ1v) is 13.6. The average Bonchev–Trinajstić information content (AvgIpc) is 3.55. The maximum atomic E-state index is 13.4. The molecule has 1 aromatic heterocycles. The number of hydrogen-bond donors (Lipinski definition) is 1. The summed E-state index contributed by atoms with van der Waals surface area (Å²) in [4.78, 5) is 45.8. The smallest absolute Gasteiger partial charge is 0.274 e. The molecule has 0 bridgehead atoms. The topological polar surface area (TPSA) is 90.8 Å². The number of halogens is 1. The Morgan fingerprint density at radius 3 is 2.51 bits per heavy atom. The summed E-state index contributed by atoms with van der Waals surface area (Å²) in [5.41, 5.74) is 1.76. The van der Waals surface area contributed by atoms with Gasteiger partial charge in [-0.3, -0.25) is 19.1 Å². The predicted molar refractivity (Wildman–Crippen MR) is 142 cm³/mol. The summed E-state index contributed by atoms with van der Waals surface area (Å²) in [6.07, 6.45) is 4.16.